The van der Waals surface area contributed by atoms with Crippen molar-refractivity contribution in [2.45, 2.75) is 26.3 Å². The number of anilines is 2. The molecule has 2 rings (SSSR count). The summed E-state index contributed by atoms with van der Waals surface area (Å²) >= 11 is 0. The summed E-state index contributed by atoms with van der Waals surface area (Å²) in [5.41, 5.74) is 6.28. The van der Waals surface area contributed by atoms with Crippen molar-refractivity contribution in [1.82, 2.24) is 9.78 Å². The number of hydrogen-bond donors (Lipinski definition) is 1. The fraction of sp³-hybridized carbons (Fsp3) is 0.692. The predicted molar refractivity (Wildman–Crippen MR) is 81.7 cm³/mol. The van der Waals surface area contributed by atoms with Gasteiger partial charge in [0.2, 0.25) is 0 Å². The molecule has 1 saturated heterocycles. The second-order valence-electron chi connectivity index (χ2n) is 5.72. The van der Waals surface area contributed by atoms with Gasteiger partial charge in [0.15, 0.2) is 5.82 Å². The Morgan fingerprint density at radius 2 is 2.05 bits per heavy atom. The van der Waals surface area contributed by atoms with Gasteiger partial charge < -0.3 is 10.6 Å². The van der Waals surface area contributed by atoms with E-state index in [0.717, 1.165) is 25.9 Å². The maximum Gasteiger partial charge on any atom is 0.170 e. The van der Waals surface area contributed by atoms with Crippen molar-refractivity contribution in [2.24, 2.45) is 5.92 Å². The highest BCUT2D eigenvalue weighted by Gasteiger charge is 2.24. The normalized spacial score (nSPS) is 16.9. The summed E-state index contributed by atoms with van der Waals surface area (Å²) in [7, 11) is -3.09. The van der Waals surface area contributed by atoms with E-state index >= 15 is 0 Å². The molecule has 1 aromatic rings. The highest BCUT2D eigenvalue weighted by molar-refractivity contribution is 7.90. The van der Waals surface area contributed by atoms with Gasteiger partial charge in [0.1, 0.15) is 27.3 Å². The number of sulfone groups is 1. The molecule has 1 aliphatic heterocycles. The van der Waals surface area contributed by atoms with Crippen LogP contribution in [0.2, 0.25) is 0 Å². The number of rotatable bonds is 4. The first-order valence-electron chi connectivity index (χ1n) is 7.01. The highest BCUT2D eigenvalue weighted by Crippen LogP contribution is 2.28. The zero-order valence-electron chi connectivity index (χ0n) is 12.4. The molecule has 7 nitrogen and oxygen atoms in total. The summed E-state index contributed by atoms with van der Waals surface area (Å²) in [4.78, 5) is 2.06. The van der Waals surface area contributed by atoms with Gasteiger partial charge in [-0.1, -0.05) is 6.92 Å². The maximum atomic E-state index is 11.3. The molecular weight excluding hydrogens is 290 g/mol. The van der Waals surface area contributed by atoms with Gasteiger partial charge in [-0.2, -0.15) is 10.4 Å². The first-order chi connectivity index (χ1) is 9.81. The van der Waals surface area contributed by atoms with E-state index < -0.39 is 9.84 Å². The van der Waals surface area contributed by atoms with Crippen molar-refractivity contribution in [3.63, 3.8) is 0 Å². The van der Waals surface area contributed by atoms with Crippen LogP contribution in [0, 0.1) is 17.2 Å². The van der Waals surface area contributed by atoms with E-state index in [1.165, 1.54) is 10.9 Å². The summed E-state index contributed by atoms with van der Waals surface area (Å²) in [6, 6.07) is 2.09. The minimum atomic E-state index is -3.09. The molecule has 1 aliphatic rings. The zero-order chi connectivity index (χ0) is 15.6. The number of aromatic nitrogens is 2. The molecule has 0 bridgehead atoms. The third kappa shape index (κ3) is 3.67. The highest BCUT2D eigenvalue weighted by atomic mass is 32.2. The maximum absolute atomic E-state index is 11.3. The smallest absolute Gasteiger partial charge is 0.170 e. The zero-order valence-corrected chi connectivity index (χ0v) is 13.2. The molecule has 0 aromatic carbocycles. The number of aryl methyl sites for hydroxylation is 1. The Kier molecular flexibility index (Phi) is 4.42. The number of piperidine rings is 1. The molecule has 1 fully saturated rings. The van der Waals surface area contributed by atoms with Crippen LogP contribution in [0.25, 0.3) is 0 Å². The Balaban J connectivity index is 2.24. The minimum absolute atomic E-state index is 0.0414. The molecule has 116 valence electrons. The van der Waals surface area contributed by atoms with E-state index in [2.05, 4.69) is 23.0 Å². The lowest BCUT2D eigenvalue weighted by atomic mass is 9.99. The van der Waals surface area contributed by atoms with E-state index in [0.29, 0.717) is 17.3 Å². The van der Waals surface area contributed by atoms with Gasteiger partial charge in [-0.3, -0.25) is 0 Å². The molecule has 21 heavy (non-hydrogen) atoms. The van der Waals surface area contributed by atoms with E-state index in [1.54, 1.807) is 0 Å². The summed E-state index contributed by atoms with van der Waals surface area (Å²) in [5, 5.41) is 13.7. The Labute approximate surface area is 125 Å². The number of hydrogen-bond acceptors (Lipinski definition) is 6. The predicted octanol–water partition coefficient (Wildman–Crippen LogP) is 0.618. The second-order valence-corrected chi connectivity index (χ2v) is 7.98. The summed E-state index contributed by atoms with van der Waals surface area (Å²) < 4.78 is 23.9. The molecule has 0 unspecified atom stereocenters. The molecule has 0 amide bonds. The standard InChI is InChI=1S/C13H21N5O2S/c1-10-3-5-17(6-4-10)13-11(9-14)12(15)18(16-13)7-8-21(2,19)20/h10H,3-8,15H2,1-2H3. The number of nitrogen functional groups attached to an aromatic ring is 1. The third-order valence-electron chi connectivity index (χ3n) is 3.84. The van der Waals surface area contributed by atoms with Crippen LogP contribution in [0.3, 0.4) is 0 Å². The Morgan fingerprint density at radius 1 is 1.43 bits per heavy atom. The monoisotopic (exact) mass is 311 g/mol. The van der Waals surface area contributed by atoms with Gasteiger partial charge in [-0.25, -0.2) is 13.1 Å². The van der Waals surface area contributed by atoms with Gasteiger partial charge in [0, 0.05) is 19.3 Å². The van der Waals surface area contributed by atoms with Crippen LogP contribution in [-0.2, 0) is 16.4 Å². The van der Waals surface area contributed by atoms with Crippen molar-refractivity contribution < 1.29 is 8.42 Å². The fourth-order valence-corrected chi connectivity index (χ4v) is 2.94. The van der Waals surface area contributed by atoms with Crippen molar-refractivity contribution in [3.05, 3.63) is 5.56 Å². The van der Waals surface area contributed by atoms with Crippen molar-refractivity contribution >= 4 is 21.5 Å². The largest absolute Gasteiger partial charge is 0.383 e. The van der Waals surface area contributed by atoms with Crippen LogP contribution in [0.1, 0.15) is 25.3 Å². The van der Waals surface area contributed by atoms with E-state index in [4.69, 9.17) is 5.73 Å². The number of nitrogens with two attached hydrogens (primary N) is 1. The molecule has 0 atom stereocenters. The second kappa shape index (κ2) is 5.93. The van der Waals surface area contributed by atoms with E-state index in [1.807, 2.05) is 0 Å². The van der Waals surface area contributed by atoms with E-state index in [-0.39, 0.29) is 18.1 Å². The number of nitrogens with zero attached hydrogens (tertiary/aromatic N) is 4. The van der Waals surface area contributed by atoms with Crippen molar-refractivity contribution in [2.75, 3.05) is 35.7 Å². The molecule has 0 spiro atoms. The first-order valence-corrected chi connectivity index (χ1v) is 9.07. The van der Waals surface area contributed by atoms with Crippen LogP contribution in [-0.4, -0.2) is 43.3 Å². The molecular formula is C13H21N5O2S. The van der Waals surface area contributed by atoms with E-state index in [9.17, 15) is 13.7 Å². The van der Waals surface area contributed by atoms with Gasteiger partial charge in [-0.15, -0.1) is 0 Å². The SMILES string of the molecule is CC1CCN(c2nn(CCS(C)(=O)=O)c(N)c2C#N)CC1. The molecule has 2 N–H and O–H groups in total. The molecule has 0 radical (unpaired) electrons. The molecule has 0 saturated carbocycles. The lowest BCUT2D eigenvalue weighted by Crippen LogP contribution is -2.33. The van der Waals surface area contributed by atoms with Crippen LogP contribution >= 0.6 is 0 Å². The van der Waals surface area contributed by atoms with Gasteiger partial charge in [-0.05, 0) is 18.8 Å². The fourth-order valence-electron chi connectivity index (χ4n) is 2.43. The summed E-state index contributed by atoms with van der Waals surface area (Å²) in [6.07, 6.45) is 3.28. The van der Waals surface area contributed by atoms with Crippen LogP contribution in [0.4, 0.5) is 11.6 Å². The lowest BCUT2D eigenvalue weighted by molar-refractivity contribution is 0.435. The first kappa shape index (κ1) is 15.6. The van der Waals surface area contributed by atoms with Crippen molar-refractivity contribution in [3.8, 4) is 6.07 Å². The molecule has 1 aromatic heterocycles. The van der Waals surface area contributed by atoms with Crippen LogP contribution in [0.5, 0.6) is 0 Å². The Bertz CT molecular complexity index is 651. The Morgan fingerprint density at radius 3 is 2.57 bits per heavy atom. The van der Waals surface area contributed by atoms with Crippen LogP contribution < -0.4 is 10.6 Å². The lowest BCUT2D eigenvalue weighted by Gasteiger charge is -2.30. The molecule has 8 heteroatoms. The third-order valence-corrected chi connectivity index (χ3v) is 4.77. The summed E-state index contributed by atoms with van der Waals surface area (Å²) in [5.74, 6) is 1.46. The molecule has 2 heterocycles. The average molecular weight is 311 g/mol. The minimum Gasteiger partial charge on any atom is -0.383 e. The van der Waals surface area contributed by atoms with Gasteiger partial charge >= 0.3 is 0 Å². The number of nitriles is 1. The Hall–Kier alpha value is -1.75. The topological polar surface area (TPSA) is 105 Å². The quantitative estimate of drug-likeness (QED) is 0.874. The average Bonchev–Trinajstić information content (AvgIpc) is 2.73. The summed E-state index contributed by atoms with van der Waals surface area (Å²) in [6.45, 7) is 4.07. The van der Waals surface area contributed by atoms with Crippen LogP contribution in [0.15, 0.2) is 0 Å². The molecule has 0 aliphatic carbocycles. The van der Waals surface area contributed by atoms with Crippen molar-refractivity contribution in [1.29, 1.82) is 5.26 Å². The van der Waals surface area contributed by atoms with Gasteiger partial charge in [0.05, 0.1) is 12.3 Å². The van der Waals surface area contributed by atoms with Gasteiger partial charge in [0.25, 0.3) is 0 Å².